The van der Waals surface area contributed by atoms with Crippen molar-refractivity contribution < 1.29 is 23.9 Å². The molecule has 5 nitrogen and oxygen atoms in total. The lowest BCUT2D eigenvalue weighted by atomic mass is 10.3. The lowest BCUT2D eigenvalue weighted by molar-refractivity contribution is -0.158. The second-order valence-electron chi connectivity index (χ2n) is 2.41. The molecule has 0 aromatic rings. The summed E-state index contributed by atoms with van der Waals surface area (Å²) in [7, 11) is 0. The molecule has 0 rings (SSSR count). The molecule has 0 aliphatic rings. The van der Waals surface area contributed by atoms with Crippen LogP contribution in [0.15, 0.2) is 0 Å². The van der Waals surface area contributed by atoms with Gasteiger partial charge in [0.1, 0.15) is 0 Å². The van der Waals surface area contributed by atoms with Crippen molar-refractivity contribution in [2.45, 2.75) is 26.7 Å². The molecule has 74 valence electrons. The van der Waals surface area contributed by atoms with E-state index in [9.17, 15) is 14.4 Å². The summed E-state index contributed by atoms with van der Waals surface area (Å²) in [5.41, 5.74) is 0. The first-order valence-electron chi connectivity index (χ1n) is 3.87. The molecule has 0 aromatic carbocycles. The van der Waals surface area contributed by atoms with E-state index in [1.54, 1.807) is 0 Å². The third-order valence-corrected chi connectivity index (χ3v) is 1.09. The molecule has 0 atom stereocenters. The molecule has 0 saturated heterocycles. The smallest absolute Gasteiger partial charge is 0.313 e. The van der Waals surface area contributed by atoms with Crippen LogP contribution in [0.1, 0.15) is 26.7 Å². The van der Waals surface area contributed by atoms with Gasteiger partial charge in [0.2, 0.25) is 0 Å². The minimum atomic E-state index is -0.627. The fourth-order valence-corrected chi connectivity index (χ4v) is 0.644. The average Bonchev–Trinajstić information content (AvgIpc) is 1.96. The monoisotopic (exact) mass is 188 g/mol. The fraction of sp³-hybridized carbons (Fsp3) is 0.625. The molecule has 0 unspecified atom stereocenters. The Labute approximate surface area is 76.0 Å². The van der Waals surface area contributed by atoms with Gasteiger partial charge in [-0.3, -0.25) is 14.4 Å². The predicted octanol–water partition coefficient (Wildman–Crippen LogP) is 0.419. The maximum absolute atomic E-state index is 10.7. The van der Waals surface area contributed by atoms with Crippen molar-refractivity contribution in [3.63, 3.8) is 0 Å². The first-order valence-corrected chi connectivity index (χ1v) is 3.87. The van der Waals surface area contributed by atoms with Crippen molar-refractivity contribution in [2.75, 3.05) is 6.61 Å². The Morgan fingerprint density at radius 3 is 2.15 bits per heavy atom. The highest BCUT2D eigenvalue weighted by atomic mass is 16.6. The predicted molar refractivity (Wildman–Crippen MR) is 42.6 cm³/mol. The van der Waals surface area contributed by atoms with Gasteiger partial charge in [0.25, 0.3) is 0 Å². The van der Waals surface area contributed by atoms with Crippen LogP contribution in [-0.2, 0) is 23.9 Å². The standard InChI is InChI=1S/C8H12O5/c1-6(9)12-5-3-4-8(11)13-7(2)10/h3-5H2,1-2H3. The molecule has 0 saturated carbocycles. The van der Waals surface area contributed by atoms with Gasteiger partial charge in [0.05, 0.1) is 6.61 Å². The van der Waals surface area contributed by atoms with Crippen molar-refractivity contribution in [2.24, 2.45) is 0 Å². The van der Waals surface area contributed by atoms with Gasteiger partial charge < -0.3 is 9.47 Å². The molecule has 5 heteroatoms. The van der Waals surface area contributed by atoms with E-state index in [-0.39, 0.29) is 19.0 Å². The quantitative estimate of drug-likeness (QED) is 0.363. The first kappa shape index (κ1) is 11.6. The zero-order valence-electron chi connectivity index (χ0n) is 7.66. The maximum atomic E-state index is 10.7. The molecule has 0 N–H and O–H groups in total. The van der Waals surface area contributed by atoms with Gasteiger partial charge in [-0.25, -0.2) is 0 Å². The Morgan fingerprint density at radius 1 is 1.08 bits per heavy atom. The number of hydrogen-bond acceptors (Lipinski definition) is 5. The van der Waals surface area contributed by atoms with E-state index in [2.05, 4.69) is 9.47 Å². The van der Waals surface area contributed by atoms with Gasteiger partial charge in [-0.2, -0.15) is 0 Å². The molecule has 0 aliphatic carbocycles. The van der Waals surface area contributed by atoms with Crippen LogP contribution >= 0.6 is 0 Å². The van der Waals surface area contributed by atoms with Crippen LogP contribution in [0.2, 0.25) is 0 Å². The van der Waals surface area contributed by atoms with E-state index in [0.29, 0.717) is 6.42 Å². The van der Waals surface area contributed by atoms with Gasteiger partial charge in [-0.05, 0) is 6.42 Å². The summed E-state index contributed by atoms with van der Waals surface area (Å²) in [6, 6.07) is 0. The van der Waals surface area contributed by atoms with Crippen molar-refractivity contribution in [1.82, 2.24) is 0 Å². The van der Waals surface area contributed by atoms with Crippen LogP contribution in [-0.4, -0.2) is 24.5 Å². The summed E-state index contributed by atoms with van der Waals surface area (Å²) >= 11 is 0. The zero-order chi connectivity index (χ0) is 10.3. The number of carbonyl (C=O) groups is 3. The average molecular weight is 188 g/mol. The molecule has 0 aromatic heterocycles. The summed E-state index contributed by atoms with van der Waals surface area (Å²) in [5, 5.41) is 0. The van der Waals surface area contributed by atoms with Gasteiger partial charge in [-0.1, -0.05) is 0 Å². The van der Waals surface area contributed by atoms with Gasteiger partial charge >= 0.3 is 17.9 Å². The lowest BCUT2D eigenvalue weighted by Gasteiger charge is -2.00. The van der Waals surface area contributed by atoms with Crippen LogP contribution in [0.25, 0.3) is 0 Å². The normalized spacial score (nSPS) is 9.08. The third-order valence-electron chi connectivity index (χ3n) is 1.09. The highest BCUT2D eigenvalue weighted by Crippen LogP contribution is 1.94. The number of rotatable bonds is 4. The van der Waals surface area contributed by atoms with E-state index in [1.165, 1.54) is 6.92 Å². The molecule has 0 radical (unpaired) electrons. The molecular formula is C8H12O5. The molecule has 0 fully saturated rings. The number of hydrogen-bond donors (Lipinski definition) is 0. The van der Waals surface area contributed by atoms with Gasteiger partial charge in [-0.15, -0.1) is 0 Å². The van der Waals surface area contributed by atoms with Crippen LogP contribution < -0.4 is 0 Å². The molecule has 0 aliphatic heterocycles. The summed E-state index contributed by atoms with van der Waals surface area (Å²) in [6.45, 7) is 2.61. The summed E-state index contributed by atoms with van der Waals surface area (Å²) < 4.78 is 8.80. The fourth-order valence-electron chi connectivity index (χ4n) is 0.644. The Balaban J connectivity index is 3.37. The minimum absolute atomic E-state index is 0.0762. The van der Waals surface area contributed by atoms with Crippen molar-refractivity contribution in [1.29, 1.82) is 0 Å². The summed E-state index contributed by atoms with van der Waals surface area (Å²) in [6.07, 6.45) is 0.443. The van der Waals surface area contributed by atoms with Crippen molar-refractivity contribution in [3.05, 3.63) is 0 Å². The van der Waals surface area contributed by atoms with Crippen molar-refractivity contribution >= 4 is 17.9 Å². The highest BCUT2D eigenvalue weighted by molar-refractivity contribution is 5.83. The summed E-state index contributed by atoms with van der Waals surface area (Å²) in [4.78, 5) is 31.3. The van der Waals surface area contributed by atoms with Gasteiger partial charge in [0.15, 0.2) is 0 Å². The Kier molecular flexibility index (Phi) is 5.50. The summed E-state index contributed by atoms with van der Waals surface area (Å²) in [5.74, 6) is -1.61. The zero-order valence-corrected chi connectivity index (χ0v) is 7.66. The Bertz CT molecular complexity index is 209. The van der Waals surface area contributed by atoms with Crippen LogP contribution in [0.5, 0.6) is 0 Å². The van der Waals surface area contributed by atoms with Crippen LogP contribution in [0.4, 0.5) is 0 Å². The molecule has 0 amide bonds. The van der Waals surface area contributed by atoms with E-state index in [1.807, 2.05) is 0 Å². The maximum Gasteiger partial charge on any atom is 0.313 e. The van der Waals surface area contributed by atoms with E-state index in [0.717, 1.165) is 6.92 Å². The minimum Gasteiger partial charge on any atom is -0.466 e. The second-order valence-corrected chi connectivity index (χ2v) is 2.41. The van der Waals surface area contributed by atoms with Crippen LogP contribution in [0, 0.1) is 0 Å². The largest absolute Gasteiger partial charge is 0.466 e. The van der Waals surface area contributed by atoms with E-state index >= 15 is 0 Å². The van der Waals surface area contributed by atoms with Gasteiger partial charge in [0, 0.05) is 20.3 Å². The second kappa shape index (κ2) is 6.16. The first-order chi connectivity index (χ1) is 6.02. The molecule has 0 bridgehead atoms. The topological polar surface area (TPSA) is 69.7 Å². The van der Waals surface area contributed by atoms with E-state index in [4.69, 9.17) is 0 Å². The van der Waals surface area contributed by atoms with E-state index < -0.39 is 11.9 Å². The number of carbonyl (C=O) groups excluding carboxylic acids is 3. The Morgan fingerprint density at radius 2 is 1.69 bits per heavy atom. The SMILES string of the molecule is CC(=O)OCCCC(=O)OC(C)=O. The Hall–Kier alpha value is -1.39. The molecule has 0 heterocycles. The number of esters is 3. The number of ether oxygens (including phenoxy) is 2. The van der Waals surface area contributed by atoms with Crippen LogP contribution in [0.3, 0.4) is 0 Å². The molecule has 13 heavy (non-hydrogen) atoms. The molecule has 0 spiro atoms. The van der Waals surface area contributed by atoms with Crippen molar-refractivity contribution in [3.8, 4) is 0 Å². The lowest BCUT2D eigenvalue weighted by Crippen LogP contribution is -2.10. The highest BCUT2D eigenvalue weighted by Gasteiger charge is 2.05. The molecular weight excluding hydrogens is 176 g/mol. The third kappa shape index (κ3) is 8.52.